The molecular weight excluding hydrogens is 303 g/mol. The lowest BCUT2D eigenvalue weighted by Crippen LogP contribution is -2.34. The zero-order valence-electron chi connectivity index (χ0n) is 11.4. The van der Waals surface area contributed by atoms with Crippen molar-refractivity contribution in [1.82, 2.24) is 10.2 Å². The van der Waals surface area contributed by atoms with Crippen LogP contribution in [-0.4, -0.2) is 31.6 Å². The van der Waals surface area contributed by atoms with Crippen LogP contribution in [0.1, 0.15) is 18.9 Å². The summed E-state index contributed by atoms with van der Waals surface area (Å²) in [6.07, 6.45) is 1.24. The molecule has 1 heterocycles. The van der Waals surface area contributed by atoms with Gasteiger partial charge in [0.15, 0.2) is 0 Å². The fraction of sp³-hybridized carbons (Fsp3) is 0.571. The summed E-state index contributed by atoms with van der Waals surface area (Å²) in [7, 11) is 2.15. The minimum absolute atomic E-state index is 0. The van der Waals surface area contributed by atoms with Gasteiger partial charge < -0.3 is 10.2 Å². The maximum atomic E-state index is 6.02. The molecule has 0 bridgehead atoms. The molecule has 0 spiro atoms. The van der Waals surface area contributed by atoms with Crippen molar-refractivity contribution in [2.75, 3.05) is 26.7 Å². The fourth-order valence-corrected chi connectivity index (χ4v) is 3.30. The predicted octanol–water partition coefficient (Wildman–Crippen LogP) is 3.85. The Balaban J connectivity index is 0.00000180. The normalized spacial score (nSPS) is 22.6. The van der Waals surface area contributed by atoms with Crippen molar-refractivity contribution in [2.45, 2.75) is 19.9 Å². The van der Waals surface area contributed by atoms with Gasteiger partial charge >= 0.3 is 0 Å². The summed E-state index contributed by atoms with van der Waals surface area (Å²) in [5, 5.41) is 4.85. The number of nitrogens with one attached hydrogen (secondary N) is 1. The van der Waals surface area contributed by atoms with Crippen molar-refractivity contribution in [3.63, 3.8) is 0 Å². The van der Waals surface area contributed by atoms with Crippen LogP contribution in [0, 0.1) is 5.41 Å². The summed E-state index contributed by atoms with van der Waals surface area (Å²) in [5.41, 5.74) is 1.56. The van der Waals surface area contributed by atoms with Gasteiger partial charge in [-0.15, -0.1) is 12.4 Å². The van der Waals surface area contributed by atoms with Crippen molar-refractivity contribution >= 4 is 35.6 Å². The first-order chi connectivity index (χ1) is 8.47. The molecule has 1 unspecified atom stereocenters. The second-order valence-corrected chi connectivity index (χ2v) is 6.56. The van der Waals surface area contributed by atoms with Crippen molar-refractivity contribution in [3.8, 4) is 0 Å². The van der Waals surface area contributed by atoms with Crippen molar-refractivity contribution in [3.05, 3.63) is 33.8 Å². The molecule has 1 aromatic carbocycles. The molecule has 1 fully saturated rings. The van der Waals surface area contributed by atoms with Gasteiger partial charge in [0.2, 0.25) is 0 Å². The van der Waals surface area contributed by atoms with E-state index >= 15 is 0 Å². The van der Waals surface area contributed by atoms with E-state index in [1.807, 2.05) is 12.1 Å². The lowest BCUT2D eigenvalue weighted by atomic mass is 9.89. The molecule has 108 valence electrons. The summed E-state index contributed by atoms with van der Waals surface area (Å²) in [4.78, 5) is 2.34. The van der Waals surface area contributed by atoms with Crippen LogP contribution in [0.15, 0.2) is 18.2 Å². The summed E-state index contributed by atoms with van der Waals surface area (Å²) in [5.74, 6) is 0. The van der Waals surface area contributed by atoms with Crippen LogP contribution in [0.5, 0.6) is 0 Å². The fourth-order valence-electron chi connectivity index (χ4n) is 2.73. The first kappa shape index (κ1) is 17.1. The van der Waals surface area contributed by atoms with E-state index in [9.17, 15) is 0 Å². The van der Waals surface area contributed by atoms with Gasteiger partial charge in [-0.3, -0.25) is 0 Å². The van der Waals surface area contributed by atoms with E-state index in [-0.39, 0.29) is 12.4 Å². The molecule has 1 saturated heterocycles. The summed E-state index contributed by atoms with van der Waals surface area (Å²) in [6, 6.07) is 5.74. The molecule has 2 rings (SSSR count). The van der Waals surface area contributed by atoms with Gasteiger partial charge in [0.1, 0.15) is 0 Å². The van der Waals surface area contributed by atoms with E-state index in [1.54, 1.807) is 6.07 Å². The van der Waals surface area contributed by atoms with E-state index < -0.39 is 0 Å². The van der Waals surface area contributed by atoms with Crippen LogP contribution in [0.25, 0.3) is 0 Å². The molecule has 5 heteroatoms. The molecule has 19 heavy (non-hydrogen) atoms. The van der Waals surface area contributed by atoms with Crippen molar-refractivity contribution < 1.29 is 0 Å². The van der Waals surface area contributed by atoms with E-state index in [0.717, 1.165) is 26.2 Å². The SMILES string of the molecule is CN(Cc1cc(Cl)cc(Cl)c1)CC1(C)CCNC1.Cl. The average molecular weight is 324 g/mol. The Morgan fingerprint density at radius 3 is 2.42 bits per heavy atom. The Morgan fingerprint density at radius 2 is 1.89 bits per heavy atom. The molecule has 0 amide bonds. The van der Waals surface area contributed by atoms with E-state index in [1.165, 1.54) is 12.0 Å². The number of benzene rings is 1. The van der Waals surface area contributed by atoms with Crippen LogP contribution < -0.4 is 5.32 Å². The lowest BCUT2D eigenvalue weighted by Gasteiger charge is -2.29. The maximum Gasteiger partial charge on any atom is 0.0424 e. The van der Waals surface area contributed by atoms with Gasteiger partial charge in [-0.2, -0.15) is 0 Å². The monoisotopic (exact) mass is 322 g/mol. The van der Waals surface area contributed by atoms with Crippen LogP contribution in [0.4, 0.5) is 0 Å². The number of hydrogen-bond acceptors (Lipinski definition) is 2. The van der Waals surface area contributed by atoms with Crippen LogP contribution >= 0.6 is 35.6 Å². The number of halogens is 3. The Hall–Kier alpha value is 0.01000. The third-order valence-corrected chi connectivity index (χ3v) is 3.92. The zero-order valence-corrected chi connectivity index (χ0v) is 13.7. The number of hydrogen-bond donors (Lipinski definition) is 1. The third-order valence-electron chi connectivity index (χ3n) is 3.48. The summed E-state index contributed by atoms with van der Waals surface area (Å²) >= 11 is 12.0. The van der Waals surface area contributed by atoms with E-state index in [0.29, 0.717) is 15.5 Å². The summed E-state index contributed by atoms with van der Waals surface area (Å²) in [6.45, 7) is 6.55. The van der Waals surface area contributed by atoms with Gasteiger partial charge in [0.05, 0.1) is 0 Å². The summed E-state index contributed by atoms with van der Waals surface area (Å²) < 4.78 is 0. The molecule has 1 aliphatic heterocycles. The van der Waals surface area contributed by atoms with Crippen molar-refractivity contribution in [1.29, 1.82) is 0 Å². The molecule has 0 aromatic heterocycles. The minimum Gasteiger partial charge on any atom is -0.316 e. The lowest BCUT2D eigenvalue weighted by molar-refractivity contribution is 0.203. The molecule has 1 atom stereocenters. The molecule has 1 N–H and O–H groups in total. The third kappa shape index (κ3) is 5.13. The first-order valence-electron chi connectivity index (χ1n) is 6.31. The van der Waals surface area contributed by atoms with Gasteiger partial charge in [-0.05, 0) is 49.2 Å². The molecule has 0 radical (unpaired) electrons. The second kappa shape index (κ2) is 7.14. The largest absolute Gasteiger partial charge is 0.316 e. The molecule has 2 nitrogen and oxygen atoms in total. The van der Waals surface area contributed by atoms with Gasteiger partial charge in [0.25, 0.3) is 0 Å². The number of rotatable bonds is 4. The molecule has 1 aromatic rings. The molecule has 0 saturated carbocycles. The zero-order chi connectivity index (χ0) is 13.2. The highest BCUT2D eigenvalue weighted by Gasteiger charge is 2.29. The van der Waals surface area contributed by atoms with E-state index in [4.69, 9.17) is 23.2 Å². The van der Waals surface area contributed by atoms with Crippen LogP contribution in [0.3, 0.4) is 0 Å². The van der Waals surface area contributed by atoms with Gasteiger partial charge in [-0.1, -0.05) is 30.1 Å². The van der Waals surface area contributed by atoms with Gasteiger partial charge in [0, 0.05) is 29.7 Å². The number of nitrogens with zero attached hydrogens (tertiary/aromatic N) is 1. The predicted molar refractivity (Wildman–Crippen MR) is 85.6 cm³/mol. The Kier molecular flexibility index (Phi) is 6.41. The Morgan fingerprint density at radius 1 is 1.26 bits per heavy atom. The topological polar surface area (TPSA) is 15.3 Å². The highest BCUT2D eigenvalue weighted by Crippen LogP contribution is 2.26. The van der Waals surface area contributed by atoms with Crippen molar-refractivity contribution in [2.24, 2.45) is 5.41 Å². The van der Waals surface area contributed by atoms with Crippen LogP contribution in [-0.2, 0) is 6.54 Å². The smallest absolute Gasteiger partial charge is 0.0424 e. The standard InChI is InChI=1S/C14H20Cl2N2.ClH/c1-14(3-4-17-9-14)10-18(2)8-11-5-12(15)7-13(16)6-11;/h5-7,17H,3-4,8-10H2,1-2H3;1H. The van der Waals surface area contributed by atoms with E-state index in [2.05, 4.69) is 24.2 Å². The highest BCUT2D eigenvalue weighted by atomic mass is 35.5. The highest BCUT2D eigenvalue weighted by molar-refractivity contribution is 6.34. The van der Waals surface area contributed by atoms with Gasteiger partial charge in [-0.25, -0.2) is 0 Å². The molecule has 0 aliphatic carbocycles. The Labute approximate surface area is 131 Å². The maximum absolute atomic E-state index is 6.02. The second-order valence-electron chi connectivity index (χ2n) is 5.69. The van der Waals surface area contributed by atoms with Crippen LogP contribution in [0.2, 0.25) is 10.0 Å². The Bertz CT molecular complexity index is 397. The minimum atomic E-state index is 0. The quantitative estimate of drug-likeness (QED) is 0.905. The first-order valence-corrected chi connectivity index (χ1v) is 7.07. The average Bonchev–Trinajstić information content (AvgIpc) is 2.62. The molecule has 1 aliphatic rings. The molecular formula is C14H21Cl3N2.